The second-order valence-electron chi connectivity index (χ2n) is 7.71. The molecule has 1 saturated heterocycles. The fourth-order valence-electron chi connectivity index (χ4n) is 3.79. The van der Waals surface area contributed by atoms with Gasteiger partial charge in [-0.1, -0.05) is 12.1 Å². The van der Waals surface area contributed by atoms with Crippen LogP contribution < -0.4 is 44.3 Å². The number of carbonyl (C=O) groups is 1. The van der Waals surface area contributed by atoms with Crippen LogP contribution in [-0.4, -0.2) is 42.2 Å². The zero-order chi connectivity index (χ0) is 24.2. The van der Waals surface area contributed by atoms with Gasteiger partial charge < -0.3 is 28.7 Å². The van der Waals surface area contributed by atoms with Crippen LogP contribution in [-0.2, 0) is 11.3 Å². The zero-order valence-corrected chi connectivity index (χ0v) is 22.3. The Kier molecular flexibility index (Phi) is 8.40. The number of hydrogen-bond acceptors (Lipinski definition) is 10. The number of nitriles is 1. The van der Waals surface area contributed by atoms with E-state index in [-0.39, 0.29) is 53.3 Å². The van der Waals surface area contributed by atoms with Crippen LogP contribution in [0.2, 0.25) is 0 Å². The number of ether oxygens (including phenoxy) is 2. The van der Waals surface area contributed by atoms with Crippen LogP contribution in [0.25, 0.3) is 22.4 Å². The van der Waals surface area contributed by atoms with Gasteiger partial charge >= 0.3 is 29.6 Å². The third kappa shape index (κ3) is 5.61. The maximum absolute atomic E-state index is 11.0. The van der Waals surface area contributed by atoms with Gasteiger partial charge in [0.2, 0.25) is 5.88 Å². The summed E-state index contributed by atoms with van der Waals surface area (Å²) >= 11 is 1.13. The van der Waals surface area contributed by atoms with E-state index in [2.05, 4.69) is 20.9 Å². The van der Waals surface area contributed by atoms with Gasteiger partial charge in [-0.25, -0.2) is 9.97 Å². The Morgan fingerprint density at radius 1 is 1.17 bits per heavy atom. The number of carbonyl (C=O) groups excluding carboxylic acids is 1. The molecule has 5 rings (SSSR count). The topological polar surface area (TPSA) is 125 Å². The standard InChI is InChI=1S/C25H20N4O5S.Na/c26-12-20-19(17-5-8-33-13-17)11-21(16-1-3-18(4-2-16)29-6-9-32-10-7-29)28-24(20)34-14-23-27-22(15-35-23)25(30)31;/h1-5,8,11,13,15H,6-7,9-10,14H2,(H,30,31);/q;+1/p-1. The van der Waals surface area contributed by atoms with Crippen LogP contribution in [0.5, 0.6) is 5.88 Å². The Morgan fingerprint density at radius 3 is 2.58 bits per heavy atom. The summed E-state index contributed by atoms with van der Waals surface area (Å²) in [4.78, 5) is 21.9. The van der Waals surface area contributed by atoms with Gasteiger partial charge in [0.25, 0.3) is 0 Å². The van der Waals surface area contributed by atoms with Gasteiger partial charge in [-0.05, 0) is 24.3 Å². The van der Waals surface area contributed by atoms with E-state index in [1.807, 2.05) is 30.3 Å². The number of morpholine rings is 1. The molecule has 3 aromatic heterocycles. The molecule has 176 valence electrons. The summed E-state index contributed by atoms with van der Waals surface area (Å²) in [5, 5.41) is 22.7. The van der Waals surface area contributed by atoms with Gasteiger partial charge in [-0.15, -0.1) is 11.3 Å². The molecule has 0 saturated carbocycles. The SMILES string of the molecule is N#Cc1c(-c2ccoc2)cc(-c2ccc(N3CCOCC3)cc2)nc1OCc1nc(C(=O)[O-])cs1.[Na+]. The van der Waals surface area contributed by atoms with E-state index < -0.39 is 5.97 Å². The molecule has 0 aliphatic carbocycles. The van der Waals surface area contributed by atoms with E-state index in [1.54, 1.807) is 12.3 Å². The Bertz CT molecular complexity index is 1380. The molecule has 36 heavy (non-hydrogen) atoms. The van der Waals surface area contributed by atoms with Crippen LogP contribution in [0.1, 0.15) is 21.1 Å². The van der Waals surface area contributed by atoms with Gasteiger partial charge in [0.1, 0.15) is 23.2 Å². The van der Waals surface area contributed by atoms with Crippen LogP contribution in [0.3, 0.4) is 0 Å². The summed E-state index contributed by atoms with van der Waals surface area (Å²) in [6, 6.07) is 13.8. The minimum atomic E-state index is -1.35. The summed E-state index contributed by atoms with van der Waals surface area (Å²) in [5.41, 5.74) is 4.01. The van der Waals surface area contributed by atoms with Crippen LogP contribution in [0.4, 0.5) is 5.69 Å². The predicted molar refractivity (Wildman–Crippen MR) is 126 cm³/mol. The molecule has 11 heteroatoms. The zero-order valence-electron chi connectivity index (χ0n) is 19.5. The molecule has 0 spiro atoms. The van der Waals surface area contributed by atoms with Crippen molar-refractivity contribution in [3.05, 3.63) is 70.6 Å². The summed E-state index contributed by atoms with van der Waals surface area (Å²) < 4.78 is 16.5. The third-order valence-corrected chi connectivity index (χ3v) is 6.39. The summed E-state index contributed by atoms with van der Waals surface area (Å²) in [6.07, 6.45) is 3.09. The van der Waals surface area contributed by atoms with Crippen LogP contribution >= 0.6 is 11.3 Å². The Labute approximate surface area is 233 Å². The number of rotatable bonds is 7. The van der Waals surface area contributed by atoms with Crippen molar-refractivity contribution in [2.24, 2.45) is 0 Å². The van der Waals surface area contributed by atoms with Crippen molar-refractivity contribution in [3.8, 4) is 34.3 Å². The molecule has 0 radical (unpaired) electrons. The van der Waals surface area contributed by atoms with Crippen molar-refractivity contribution >= 4 is 23.0 Å². The number of benzene rings is 1. The number of thiazole rings is 1. The fourth-order valence-corrected chi connectivity index (χ4v) is 4.47. The first-order valence-electron chi connectivity index (χ1n) is 10.8. The van der Waals surface area contributed by atoms with Crippen molar-refractivity contribution in [3.63, 3.8) is 0 Å². The van der Waals surface area contributed by atoms with Gasteiger partial charge in [0, 0.05) is 40.8 Å². The number of aromatic nitrogens is 2. The average Bonchev–Trinajstić information content (AvgIpc) is 3.60. The molecule has 1 aliphatic rings. The number of carboxylic acid groups (broad SMARTS) is 1. The Morgan fingerprint density at radius 2 is 1.94 bits per heavy atom. The Hall–Kier alpha value is -3.20. The normalized spacial score (nSPS) is 13.0. The van der Waals surface area contributed by atoms with Gasteiger partial charge in [-0.2, -0.15) is 5.26 Å². The first-order chi connectivity index (χ1) is 17.1. The van der Waals surface area contributed by atoms with Crippen LogP contribution in [0.15, 0.2) is 58.7 Å². The van der Waals surface area contributed by atoms with Crippen molar-refractivity contribution < 1.29 is 53.3 Å². The minimum Gasteiger partial charge on any atom is -0.543 e. The molecular weight excluding hydrogens is 491 g/mol. The van der Waals surface area contributed by atoms with Crippen molar-refractivity contribution in [2.45, 2.75) is 6.61 Å². The number of hydrogen-bond donors (Lipinski definition) is 0. The molecule has 0 amide bonds. The minimum absolute atomic E-state index is 0. The summed E-state index contributed by atoms with van der Waals surface area (Å²) in [6.45, 7) is 3.05. The molecule has 0 unspecified atom stereocenters. The number of furan rings is 1. The van der Waals surface area contributed by atoms with E-state index in [4.69, 9.17) is 13.9 Å². The predicted octanol–water partition coefficient (Wildman–Crippen LogP) is 0.120. The molecule has 9 nitrogen and oxygen atoms in total. The molecule has 0 N–H and O–H groups in total. The second kappa shape index (κ2) is 11.7. The van der Waals surface area contributed by atoms with Crippen LogP contribution in [0, 0.1) is 11.3 Å². The van der Waals surface area contributed by atoms with E-state index in [9.17, 15) is 15.2 Å². The van der Waals surface area contributed by atoms with E-state index >= 15 is 0 Å². The smallest absolute Gasteiger partial charge is 0.543 e. The number of anilines is 1. The summed E-state index contributed by atoms with van der Waals surface area (Å²) in [5.74, 6) is -1.23. The van der Waals surface area contributed by atoms with Crippen molar-refractivity contribution in [1.82, 2.24) is 9.97 Å². The first-order valence-corrected chi connectivity index (χ1v) is 11.7. The molecule has 0 atom stereocenters. The number of pyridine rings is 1. The van der Waals surface area contributed by atoms with Gasteiger partial charge in [0.05, 0.1) is 43.1 Å². The largest absolute Gasteiger partial charge is 1.00 e. The molecule has 4 heterocycles. The third-order valence-electron chi connectivity index (χ3n) is 5.56. The molecule has 1 aliphatic heterocycles. The molecule has 1 fully saturated rings. The van der Waals surface area contributed by atoms with E-state index in [0.717, 1.165) is 35.7 Å². The maximum atomic E-state index is 11.0. The molecule has 4 aromatic rings. The molecular formula is C25H19N4NaO5S. The number of aromatic carboxylic acids is 1. The van der Waals surface area contributed by atoms with Gasteiger partial charge in [0.15, 0.2) is 0 Å². The van der Waals surface area contributed by atoms with Crippen molar-refractivity contribution in [2.75, 3.05) is 31.2 Å². The van der Waals surface area contributed by atoms with E-state index in [1.165, 1.54) is 11.6 Å². The van der Waals surface area contributed by atoms with Gasteiger partial charge in [-0.3, -0.25) is 0 Å². The maximum Gasteiger partial charge on any atom is 1.00 e. The average molecular weight is 511 g/mol. The Balaban J connectivity index is 0.00000304. The van der Waals surface area contributed by atoms with Crippen molar-refractivity contribution in [1.29, 1.82) is 5.26 Å². The monoisotopic (exact) mass is 510 g/mol. The second-order valence-corrected chi connectivity index (χ2v) is 8.65. The number of carboxylic acids is 1. The first kappa shape index (κ1) is 25.9. The molecule has 0 bridgehead atoms. The summed E-state index contributed by atoms with van der Waals surface area (Å²) in [7, 11) is 0. The van der Waals surface area contributed by atoms with E-state index in [0.29, 0.717) is 35.0 Å². The quantitative estimate of drug-likeness (QED) is 0.319. The molecule has 1 aromatic carbocycles. The number of nitrogens with zero attached hydrogens (tertiary/aromatic N) is 4. The fraction of sp³-hybridized carbons (Fsp3) is 0.200.